The molecule has 1 unspecified atom stereocenters. The fourth-order valence-corrected chi connectivity index (χ4v) is 3.80. The number of amides is 3. The highest BCUT2D eigenvalue weighted by Crippen LogP contribution is 2.28. The minimum Gasteiger partial charge on any atom is -0.465 e. The predicted molar refractivity (Wildman–Crippen MR) is 138 cm³/mol. The Labute approximate surface area is 213 Å². The molecule has 0 fully saturated rings. The molecule has 0 saturated heterocycles. The maximum absolute atomic E-state index is 13.6. The molecular weight excluding hydrogens is 482 g/mol. The molecule has 3 amide bonds. The van der Waals surface area contributed by atoms with E-state index in [9.17, 15) is 14.4 Å². The van der Waals surface area contributed by atoms with Crippen molar-refractivity contribution in [2.75, 3.05) is 23.4 Å². The van der Waals surface area contributed by atoms with Crippen molar-refractivity contribution in [2.24, 2.45) is 4.99 Å². The number of aliphatic imine (C=N–C) groups is 1. The molecule has 1 atom stereocenters. The number of benzodiazepines with no additional fused rings is 1. The zero-order valence-corrected chi connectivity index (χ0v) is 20.2. The minimum absolute atomic E-state index is 0.183. The standard InChI is InChI=1S/C26H24ClN5O4/c1-2-36-22(33)16-32-21-11-7-6-10-20(21)23(17-8-4-3-5-9-17)29-24(25(32)34)30-31-26(35)28-19-14-12-18(27)13-15-19/h3-15,24,30H,2,16H2,1H3,(H2,28,31,35). The van der Waals surface area contributed by atoms with Crippen LogP contribution in [0.15, 0.2) is 83.9 Å². The molecule has 0 radical (unpaired) electrons. The number of hydrazine groups is 1. The Balaban J connectivity index is 1.65. The Hall–Kier alpha value is -4.21. The minimum atomic E-state index is -1.22. The third-order valence-electron chi connectivity index (χ3n) is 5.27. The molecule has 0 bridgehead atoms. The van der Waals surface area contributed by atoms with E-state index in [1.165, 1.54) is 4.90 Å². The molecule has 3 aromatic carbocycles. The highest BCUT2D eigenvalue weighted by atomic mass is 35.5. The van der Waals surface area contributed by atoms with Crippen LogP contribution in [-0.2, 0) is 14.3 Å². The van der Waals surface area contributed by atoms with Gasteiger partial charge in [0.05, 0.1) is 18.0 Å². The van der Waals surface area contributed by atoms with Gasteiger partial charge in [-0.25, -0.2) is 10.2 Å². The number of carbonyl (C=O) groups is 3. The second-order valence-corrected chi connectivity index (χ2v) is 8.16. The molecule has 4 rings (SSSR count). The van der Waals surface area contributed by atoms with E-state index in [0.29, 0.717) is 27.7 Å². The van der Waals surface area contributed by atoms with Crippen molar-refractivity contribution in [3.63, 3.8) is 0 Å². The number of ether oxygens (including phenoxy) is 1. The van der Waals surface area contributed by atoms with Gasteiger partial charge in [0, 0.05) is 21.8 Å². The lowest BCUT2D eigenvalue weighted by Crippen LogP contribution is -2.53. The fraction of sp³-hybridized carbons (Fsp3) is 0.154. The van der Waals surface area contributed by atoms with Crippen molar-refractivity contribution in [3.8, 4) is 0 Å². The molecule has 184 valence electrons. The van der Waals surface area contributed by atoms with E-state index < -0.39 is 24.1 Å². The van der Waals surface area contributed by atoms with Crippen molar-refractivity contribution in [1.29, 1.82) is 0 Å². The second kappa shape index (κ2) is 11.5. The predicted octanol–water partition coefficient (Wildman–Crippen LogP) is 3.74. The average Bonchev–Trinajstić information content (AvgIpc) is 3.00. The van der Waals surface area contributed by atoms with Gasteiger partial charge in [0.25, 0.3) is 5.91 Å². The molecule has 0 saturated carbocycles. The largest absolute Gasteiger partial charge is 0.465 e. The highest BCUT2D eigenvalue weighted by Gasteiger charge is 2.33. The Bertz CT molecular complexity index is 1280. The summed E-state index contributed by atoms with van der Waals surface area (Å²) in [5.74, 6) is -1.09. The molecule has 1 heterocycles. The molecule has 0 aliphatic carbocycles. The van der Waals surface area contributed by atoms with Gasteiger partial charge in [-0.15, -0.1) is 0 Å². The van der Waals surface area contributed by atoms with Gasteiger partial charge >= 0.3 is 12.0 Å². The molecule has 1 aliphatic heterocycles. The molecule has 9 nitrogen and oxygen atoms in total. The Morgan fingerprint density at radius 1 is 1.00 bits per heavy atom. The van der Waals surface area contributed by atoms with Crippen LogP contribution in [0.1, 0.15) is 18.1 Å². The van der Waals surface area contributed by atoms with E-state index in [4.69, 9.17) is 16.3 Å². The summed E-state index contributed by atoms with van der Waals surface area (Å²) >= 11 is 5.88. The summed E-state index contributed by atoms with van der Waals surface area (Å²) in [5.41, 5.74) is 8.14. The molecular formula is C26H24ClN5O4. The van der Waals surface area contributed by atoms with E-state index in [1.54, 1.807) is 43.3 Å². The third-order valence-corrected chi connectivity index (χ3v) is 5.52. The number of rotatable bonds is 7. The van der Waals surface area contributed by atoms with E-state index >= 15 is 0 Å². The van der Waals surface area contributed by atoms with Crippen LogP contribution in [0.25, 0.3) is 0 Å². The zero-order valence-electron chi connectivity index (χ0n) is 19.4. The zero-order chi connectivity index (χ0) is 25.5. The van der Waals surface area contributed by atoms with Crippen molar-refractivity contribution >= 4 is 46.6 Å². The van der Waals surface area contributed by atoms with Crippen LogP contribution in [0.3, 0.4) is 0 Å². The van der Waals surface area contributed by atoms with E-state index in [1.807, 2.05) is 42.5 Å². The summed E-state index contributed by atoms with van der Waals surface area (Å²) in [5, 5.41) is 3.18. The third kappa shape index (κ3) is 5.88. The van der Waals surface area contributed by atoms with Crippen LogP contribution in [0.4, 0.5) is 16.2 Å². The molecule has 1 aliphatic rings. The van der Waals surface area contributed by atoms with Gasteiger partial charge in [0.1, 0.15) is 6.54 Å². The van der Waals surface area contributed by atoms with Gasteiger partial charge in [-0.1, -0.05) is 60.1 Å². The summed E-state index contributed by atoms with van der Waals surface area (Å²) in [6, 6.07) is 22.5. The number of para-hydroxylation sites is 1. The van der Waals surface area contributed by atoms with Gasteiger partial charge in [-0.05, 0) is 37.3 Å². The van der Waals surface area contributed by atoms with Crippen LogP contribution in [0.5, 0.6) is 0 Å². The number of benzene rings is 3. The number of fused-ring (bicyclic) bond motifs is 1. The fourth-order valence-electron chi connectivity index (χ4n) is 3.68. The summed E-state index contributed by atoms with van der Waals surface area (Å²) in [4.78, 5) is 44.4. The summed E-state index contributed by atoms with van der Waals surface area (Å²) in [6.45, 7) is 1.57. The smallest absolute Gasteiger partial charge is 0.333 e. The normalized spacial score (nSPS) is 14.8. The first-order valence-electron chi connectivity index (χ1n) is 11.2. The molecule has 0 spiro atoms. The summed E-state index contributed by atoms with van der Waals surface area (Å²) in [6.07, 6.45) is -1.22. The SMILES string of the molecule is CCOC(=O)CN1C(=O)C(NNC(=O)Nc2ccc(Cl)cc2)N=C(c2ccccc2)c2ccccc21. The molecule has 0 aromatic heterocycles. The lowest BCUT2D eigenvalue weighted by Gasteiger charge is -2.24. The van der Waals surface area contributed by atoms with E-state index in [-0.39, 0.29) is 13.2 Å². The van der Waals surface area contributed by atoms with Gasteiger partial charge in [0.15, 0.2) is 6.17 Å². The van der Waals surface area contributed by atoms with Gasteiger partial charge in [-0.3, -0.25) is 24.9 Å². The van der Waals surface area contributed by atoms with Crippen LogP contribution in [0, 0.1) is 0 Å². The van der Waals surface area contributed by atoms with Crippen molar-refractivity contribution in [1.82, 2.24) is 10.9 Å². The number of hydrogen-bond acceptors (Lipinski definition) is 6. The van der Waals surface area contributed by atoms with Crippen LogP contribution >= 0.6 is 11.6 Å². The number of hydrogen-bond donors (Lipinski definition) is 3. The number of nitrogens with one attached hydrogen (secondary N) is 3. The highest BCUT2D eigenvalue weighted by molar-refractivity contribution is 6.30. The first-order chi connectivity index (χ1) is 17.5. The number of carbonyl (C=O) groups excluding carboxylic acids is 3. The van der Waals surface area contributed by atoms with Crippen molar-refractivity contribution in [2.45, 2.75) is 13.1 Å². The average molecular weight is 506 g/mol. The van der Waals surface area contributed by atoms with Gasteiger partial charge < -0.3 is 10.1 Å². The quantitative estimate of drug-likeness (QED) is 0.334. The molecule has 36 heavy (non-hydrogen) atoms. The number of urea groups is 1. The maximum Gasteiger partial charge on any atom is 0.333 e. The van der Waals surface area contributed by atoms with Gasteiger partial charge in [0.2, 0.25) is 0 Å². The monoisotopic (exact) mass is 505 g/mol. The Morgan fingerprint density at radius 3 is 2.42 bits per heavy atom. The van der Waals surface area contributed by atoms with Crippen LogP contribution < -0.4 is 21.1 Å². The summed E-state index contributed by atoms with van der Waals surface area (Å²) in [7, 11) is 0. The summed E-state index contributed by atoms with van der Waals surface area (Å²) < 4.78 is 5.09. The van der Waals surface area contributed by atoms with Gasteiger partial charge in [-0.2, -0.15) is 0 Å². The Kier molecular flexibility index (Phi) is 7.94. The number of esters is 1. The van der Waals surface area contributed by atoms with Crippen molar-refractivity contribution in [3.05, 3.63) is 95.0 Å². The molecule has 3 aromatic rings. The van der Waals surface area contributed by atoms with Crippen LogP contribution in [0.2, 0.25) is 5.02 Å². The molecule has 10 heteroatoms. The number of nitrogens with zero attached hydrogens (tertiary/aromatic N) is 2. The number of halogens is 1. The molecule has 3 N–H and O–H groups in total. The lowest BCUT2D eigenvalue weighted by molar-refractivity contribution is -0.142. The van der Waals surface area contributed by atoms with Crippen molar-refractivity contribution < 1.29 is 19.1 Å². The Morgan fingerprint density at radius 2 is 1.69 bits per heavy atom. The number of anilines is 2. The van der Waals surface area contributed by atoms with E-state index in [0.717, 1.165) is 5.56 Å². The topological polar surface area (TPSA) is 112 Å². The first-order valence-corrected chi connectivity index (χ1v) is 11.6. The van der Waals surface area contributed by atoms with Crippen LogP contribution in [-0.4, -0.2) is 42.9 Å². The first kappa shape index (κ1) is 24.9. The maximum atomic E-state index is 13.6. The van der Waals surface area contributed by atoms with E-state index in [2.05, 4.69) is 21.2 Å². The second-order valence-electron chi connectivity index (χ2n) is 7.72. The lowest BCUT2D eigenvalue weighted by atomic mass is 10.0.